The predicted molar refractivity (Wildman–Crippen MR) is 115 cm³/mol. The van der Waals surface area contributed by atoms with Gasteiger partial charge in [0.05, 0.1) is 5.69 Å². The minimum Gasteiger partial charge on any atom is -0.323 e. The van der Waals surface area contributed by atoms with Gasteiger partial charge in [0.25, 0.3) is 5.91 Å². The number of rotatable bonds is 7. The van der Waals surface area contributed by atoms with Crippen LogP contribution in [0.2, 0.25) is 5.15 Å². The lowest BCUT2D eigenvalue weighted by Gasteiger charge is -2.21. The summed E-state index contributed by atoms with van der Waals surface area (Å²) in [6.45, 7) is 6.27. The summed E-state index contributed by atoms with van der Waals surface area (Å²) in [5.74, 6) is -0.796. The maximum absolute atomic E-state index is 12.4. The number of carbonyl (C=O) groups is 3. The van der Waals surface area contributed by atoms with Crippen LogP contribution in [0.4, 0.5) is 10.5 Å². The van der Waals surface area contributed by atoms with Gasteiger partial charge >= 0.3 is 6.03 Å². The van der Waals surface area contributed by atoms with E-state index in [1.165, 1.54) is 6.08 Å². The molecule has 30 heavy (non-hydrogen) atoms. The second-order valence-electron chi connectivity index (χ2n) is 7.30. The van der Waals surface area contributed by atoms with E-state index in [1.807, 2.05) is 6.92 Å². The average molecular weight is 430 g/mol. The lowest BCUT2D eigenvalue weighted by atomic mass is 9.92. The lowest BCUT2D eigenvalue weighted by molar-refractivity contribution is -0.123. The molecule has 1 aromatic heterocycles. The molecule has 3 rings (SSSR count). The molecule has 1 fully saturated rings. The number of anilines is 1. The van der Waals surface area contributed by atoms with Crippen molar-refractivity contribution in [3.63, 3.8) is 0 Å². The molecular formula is C21H24ClN5O3. The molecule has 0 aliphatic carbocycles. The summed E-state index contributed by atoms with van der Waals surface area (Å²) in [6.07, 6.45) is 5.03. The quantitative estimate of drug-likeness (QED) is 0.463. The van der Waals surface area contributed by atoms with Crippen molar-refractivity contribution in [2.24, 2.45) is 0 Å². The van der Waals surface area contributed by atoms with E-state index in [1.54, 1.807) is 41.9 Å². The van der Waals surface area contributed by atoms with Crippen LogP contribution in [-0.2, 0) is 21.7 Å². The van der Waals surface area contributed by atoms with Crippen LogP contribution in [0, 0.1) is 6.92 Å². The number of aromatic nitrogens is 2. The van der Waals surface area contributed by atoms with Crippen LogP contribution in [0.25, 0.3) is 6.08 Å². The number of unbranched alkanes of at least 4 members (excludes halogenated alkanes) is 1. The number of halogens is 1. The van der Waals surface area contributed by atoms with Crippen molar-refractivity contribution in [3.8, 4) is 0 Å². The second kappa shape index (κ2) is 8.71. The molecule has 2 aromatic rings. The van der Waals surface area contributed by atoms with E-state index >= 15 is 0 Å². The van der Waals surface area contributed by atoms with Gasteiger partial charge in [0.15, 0.2) is 0 Å². The number of nitrogens with one attached hydrogen (secondary N) is 3. The Labute approximate surface area is 179 Å². The number of hydrogen-bond donors (Lipinski definition) is 3. The summed E-state index contributed by atoms with van der Waals surface area (Å²) in [4.78, 5) is 36.0. The van der Waals surface area contributed by atoms with Gasteiger partial charge in [-0.25, -0.2) is 4.79 Å². The Morgan fingerprint density at radius 3 is 2.80 bits per heavy atom. The van der Waals surface area contributed by atoms with Crippen molar-refractivity contribution in [3.05, 3.63) is 52.3 Å². The molecule has 158 valence electrons. The summed E-state index contributed by atoms with van der Waals surface area (Å²) < 4.78 is 1.74. The highest BCUT2D eigenvalue weighted by molar-refractivity contribution is 6.31. The van der Waals surface area contributed by atoms with Crippen molar-refractivity contribution < 1.29 is 14.4 Å². The largest absolute Gasteiger partial charge is 0.323 e. The fourth-order valence-corrected chi connectivity index (χ4v) is 3.53. The summed E-state index contributed by atoms with van der Waals surface area (Å²) in [5, 5.41) is 12.5. The maximum atomic E-state index is 12.4. The Balaban J connectivity index is 1.72. The molecule has 0 radical (unpaired) electrons. The third-order valence-corrected chi connectivity index (χ3v) is 5.39. The van der Waals surface area contributed by atoms with Crippen molar-refractivity contribution in [1.82, 2.24) is 20.4 Å². The van der Waals surface area contributed by atoms with Crippen LogP contribution in [-0.4, -0.2) is 27.6 Å². The molecule has 9 heteroatoms. The lowest BCUT2D eigenvalue weighted by Crippen LogP contribution is -2.40. The molecule has 3 N–H and O–H groups in total. The Morgan fingerprint density at radius 2 is 2.13 bits per heavy atom. The molecule has 0 saturated carbocycles. The van der Waals surface area contributed by atoms with Gasteiger partial charge in [0.1, 0.15) is 10.7 Å². The zero-order chi connectivity index (χ0) is 21.9. The van der Waals surface area contributed by atoms with Crippen LogP contribution in [0.1, 0.15) is 43.5 Å². The third kappa shape index (κ3) is 4.38. The van der Waals surface area contributed by atoms with Gasteiger partial charge in [-0.15, -0.1) is 0 Å². The van der Waals surface area contributed by atoms with Crippen LogP contribution < -0.4 is 16.0 Å². The molecule has 0 bridgehead atoms. The van der Waals surface area contributed by atoms with Gasteiger partial charge in [-0.1, -0.05) is 37.1 Å². The van der Waals surface area contributed by atoms with Crippen LogP contribution >= 0.6 is 11.6 Å². The van der Waals surface area contributed by atoms with E-state index in [4.69, 9.17) is 11.6 Å². The van der Waals surface area contributed by atoms with Crippen molar-refractivity contribution >= 4 is 41.2 Å². The van der Waals surface area contributed by atoms with E-state index in [0.29, 0.717) is 22.0 Å². The fourth-order valence-electron chi connectivity index (χ4n) is 3.21. The summed E-state index contributed by atoms with van der Waals surface area (Å²) in [7, 11) is 0. The Kier molecular flexibility index (Phi) is 6.26. The minimum atomic E-state index is -1.19. The number of benzene rings is 1. The number of carbonyl (C=O) groups excluding carboxylic acids is 3. The monoisotopic (exact) mass is 429 g/mol. The molecule has 8 nitrogen and oxygen atoms in total. The molecule has 1 atom stereocenters. The Morgan fingerprint density at radius 1 is 1.37 bits per heavy atom. The molecule has 1 aliphatic heterocycles. The van der Waals surface area contributed by atoms with Crippen LogP contribution in [0.3, 0.4) is 0 Å². The SMILES string of the molecule is CCCCn1nc(C)c(/C=C/C(=O)Nc2cccc(C3(C)NC(=O)NC3=O)c2)c1Cl. The highest BCUT2D eigenvalue weighted by atomic mass is 35.5. The summed E-state index contributed by atoms with van der Waals surface area (Å²) in [5.41, 5.74) is 1.32. The van der Waals surface area contributed by atoms with E-state index in [0.717, 1.165) is 25.1 Å². The zero-order valence-corrected chi connectivity index (χ0v) is 17.8. The minimum absolute atomic E-state index is 0.353. The fraction of sp³-hybridized carbons (Fsp3) is 0.333. The number of amides is 4. The van der Waals surface area contributed by atoms with E-state index < -0.39 is 17.5 Å². The molecule has 1 aromatic carbocycles. The Hall–Kier alpha value is -3.13. The van der Waals surface area contributed by atoms with E-state index in [9.17, 15) is 14.4 Å². The maximum Gasteiger partial charge on any atom is 0.322 e. The number of urea groups is 1. The highest BCUT2D eigenvalue weighted by Gasteiger charge is 2.43. The van der Waals surface area contributed by atoms with Crippen molar-refractivity contribution in [2.45, 2.75) is 45.7 Å². The van der Waals surface area contributed by atoms with Crippen molar-refractivity contribution in [2.75, 3.05) is 5.32 Å². The van der Waals surface area contributed by atoms with Crippen molar-refractivity contribution in [1.29, 1.82) is 0 Å². The van der Waals surface area contributed by atoms with E-state index in [2.05, 4.69) is 28.0 Å². The number of nitrogens with zero attached hydrogens (tertiary/aromatic N) is 2. The normalized spacial score (nSPS) is 18.5. The number of aryl methyl sites for hydroxylation is 2. The standard InChI is InChI=1S/C21H24ClN5O3/c1-4-5-11-27-18(22)16(13(2)26-27)9-10-17(28)23-15-8-6-7-14(12-15)21(3)19(29)24-20(30)25-21/h6-10,12H,4-5,11H2,1-3H3,(H,23,28)(H2,24,25,29,30)/b10-9+. The van der Waals surface area contributed by atoms with E-state index in [-0.39, 0.29) is 5.91 Å². The zero-order valence-electron chi connectivity index (χ0n) is 17.1. The average Bonchev–Trinajstić information content (AvgIpc) is 3.12. The molecule has 1 saturated heterocycles. The molecular weight excluding hydrogens is 406 g/mol. The van der Waals surface area contributed by atoms with Crippen LogP contribution in [0.15, 0.2) is 30.3 Å². The first-order chi connectivity index (χ1) is 14.2. The Bertz CT molecular complexity index is 1030. The van der Waals surface area contributed by atoms with Gasteiger partial charge in [-0.3, -0.25) is 19.6 Å². The van der Waals surface area contributed by atoms with Gasteiger partial charge < -0.3 is 10.6 Å². The first-order valence-corrected chi connectivity index (χ1v) is 10.1. The van der Waals surface area contributed by atoms with Crippen LogP contribution in [0.5, 0.6) is 0 Å². The topological polar surface area (TPSA) is 105 Å². The highest BCUT2D eigenvalue weighted by Crippen LogP contribution is 2.27. The van der Waals surface area contributed by atoms with Gasteiger partial charge in [0, 0.05) is 23.9 Å². The number of hydrogen-bond acceptors (Lipinski definition) is 4. The smallest absolute Gasteiger partial charge is 0.322 e. The third-order valence-electron chi connectivity index (χ3n) is 4.99. The molecule has 4 amide bonds. The second-order valence-corrected chi connectivity index (χ2v) is 7.66. The van der Waals surface area contributed by atoms with Gasteiger partial charge in [-0.2, -0.15) is 5.10 Å². The molecule has 1 unspecified atom stereocenters. The molecule has 0 spiro atoms. The molecule has 1 aliphatic rings. The summed E-state index contributed by atoms with van der Waals surface area (Å²) in [6, 6.07) is 6.22. The van der Waals surface area contributed by atoms with Gasteiger partial charge in [-0.05, 0) is 44.0 Å². The first kappa shape index (κ1) is 21.6. The summed E-state index contributed by atoms with van der Waals surface area (Å²) >= 11 is 6.39. The predicted octanol–water partition coefficient (Wildman–Crippen LogP) is 3.35. The molecule has 2 heterocycles. The number of imide groups is 1. The first-order valence-electron chi connectivity index (χ1n) is 9.70. The van der Waals surface area contributed by atoms with Gasteiger partial charge in [0.2, 0.25) is 5.91 Å².